The van der Waals surface area contributed by atoms with Gasteiger partial charge in [0.2, 0.25) is 0 Å². The first-order valence-electron chi connectivity index (χ1n) is 6.83. The second-order valence-electron chi connectivity index (χ2n) is 5.44. The van der Waals surface area contributed by atoms with Crippen LogP contribution in [0.3, 0.4) is 0 Å². The zero-order valence-corrected chi connectivity index (χ0v) is 14.3. The normalized spacial score (nSPS) is 19.1. The van der Waals surface area contributed by atoms with E-state index in [4.69, 9.17) is 0 Å². The first-order valence-corrected chi connectivity index (χ1v) is 9.48. The van der Waals surface area contributed by atoms with Crippen LogP contribution in [0.5, 0.6) is 5.75 Å². The maximum atomic E-state index is 10.2. The molecular weight excluding hydrogens is 302 g/mol. The van der Waals surface area contributed by atoms with Crippen molar-refractivity contribution in [1.82, 2.24) is 7.29 Å². The van der Waals surface area contributed by atoms with Gasteiger partial charge in [0.1, 0.15) is 0 Å². The number of hydrogen-bond acceptors (Lipinski definition) is 3. The Balaban J connectivity index is 1.67. The summed E-state index contributed by atoms with van der Waals surface area (Å²) in [6.07, 6.45) is 2.49. The van der Waals surface area contributed by atoms with Gasteiger partial charge in [-0.3, -0.25) is 0 Å². The van der Waals surface area contributed by atoms with E-state index in [9.17, 15) is 5.11 Å². The summed E-state index contributed by atoms with van der Waals surface area (Å²) in [6.45, 7) is 2.00. The molecule has 3 nitrogen and oxygen atoms in total. The fraction of sp³-hybridized carbons (Fsp3) is 0.125. The van der Waals surface area contributed by atoms with Crippen molar-refractivity contribution in [3.05, 3.63) is 71.4 Å². The van der Waals surface area contributed by atoms with E-state index in [1.807, 2.05) is 19.1 Å². The zero-order chi connectivity index (χ0) is 13.7. The van der Waals surface area contributed by atoms with Gasteiger partial charge in [0, 0.05) is 0 Å². The summed E-state index contributed by atoms with van der Waals surface area (Å²) in [5.74, 6) is 0.412. The van der Waals surface area contributed by atoms with Gasteiger partial charge in [0.25, 0.3) is 0 Å². The molecule has 0 aromatic heterocycles. The molecule has 0 radical (unpaired) electrons. The Morgan fingerprint density at radius 2 is 1.90 bits per heavy atom. The molecule has 3 heterocycles. The second-order valence-corrected chi connectivity index (χ2v) is 9.00. The van der Waals surface area contributed by atoms with Gasteiger partial charge in [-0.25, -0.2) is 0 Å². The third-order valence-electron chi connectivity index (χ3n) is 4.06. The molecule has 2 bridgehead atoms. The summed E-state index contributed by atoms with van der Waals surface area (Å²) < 4.78 is 4.95. The Morgan fingerprint density at radius 3 is 2.65 bits per heavy atom. The minimum absolute atomic E-state index is 0.228. The molecule has 1 saturated heterocycles. The molecule has 1 unspecified atom stereocenters. The van der Waals surface area contributed by atoms with Gasteiger partial charge in [-0.05, 0) is 0 Å². The Hall–Kier alpha value is -1.80. The molecular formula is C16H14N2OZn. The van der Waals surface area contributed by atoms with Gasteiger partial charge in [-0.15, -0.1) is 0 Å². The molecule has 1 atom stereocenters. The van der Waals surface area contributed by atoms with E-state index in [2.05, 4.69) is 49.9 Å². The topological polar surface area (TPSA) is 26.7 Å². The summed E-state index contributed by atoms with van der Waals surface area (Å²) >= 11 is -0.830. The Labute approximate surface area is 126 Å². The molecule has 1 N–H and O–H groups in total. The molecule has 0 aliphatic carbocycles. The standard InChI is InChI=1S/C16H14N2O.Zn/c1-11-7-8-13(15(19)9-11)16-17-10-14(18-16)12-5-3-2-4-6-12;/h2-10,16,19H,1H3;/q-2;+2. The summed E-state index contributed by atoms with van der Waals surface area (Å²) in [4.78, 5) is 0. The third kappa shape index (κ3) is 1.68. The van der Waals surface area contributed by atoms with Crippen LogP contribution in [-0.2, 0) is 17.6 Å². The average molecular weight is 316 g/mol. The fourth-order valence-electron chi connectivity index (χ4n) is 3.03. The number of phenols is 1. The van der Waals surface area contributed by atoms with E-state index in [0.717, 1.165) is 11.1 Å². The third-order valence-corrected chi connectivity index (χ3v) is 7.93. The van der Waals surface area contributed by atoms with Gasteiger partial charge in [-0.1, -0.05) is 0 Å². The average Bonchev–Trinajstić information content (AvgIpc) is 3.02. The molecule has 96 valence electrons. The van der Waals surface area contributed by atoms with Crippen molar-refractivity contribution in [3.8, 4) is 5.75 Å². The van der Waals surface area contributed by atoms with Crippen molar-refractivity contribution in [2.24, 2.45) is 0 Å². The number of aryl methyl sites for hydroxylation is 1. The van der Waals surface area contributed by atoms with Crippen molar-refractivity contribution >= 4 is 5.70 Å². The van der Waals surface area contributed by atoms with Crippen molar-refractivity contribution in [1.29, 1.82) is 0 Å². The van der Waals surface area contributed by atoms with Crippen molar-refractivity contribution < 1.29 is 22.7 Å². The molecule has 5 rings (SSSR count). The van der Waals surface area contributed by atoms with E-state index < -0.39 is 17.6 Å². The van der Waals surface area contributed by atoms with Crippen molar-refractivity contribution in [2.45, 2.75) is 13.1 Å². The number of hydrogen-bond donors (Lipinski definition) is 1. The van der Waals surface area contributed by atoms with E-state index in [1.165, 1.54) is 11.3 Å². The van der Waals surface area contributed by atoms with Gasteiger partial charge in [0.05, 0.1) is 0 Å². The predicted octanol–water partition coefficient (Wildman–Crippen LogP) is 3.24. The van der Waals surface area contributed by atoms with Crippen LogP contribution >= 0.6 is 0 Å². The van der Waals surface area contributed by atoms with Crippen LogP contribution in [0.25, 0.3) is 5.70 Å². The molecule has 3 aliphatic rings. The summed E-state index contributed by atoms with van der Waals surface area (Å²) in [5.41, 5.74) is 4.71. The summed E-state index contributed by atoms with van der Waals surface area (Å²) in [5, 5.41) is 10.2. The molecule has 20 heavy (non-hydrogen) atoms. The fourth-order valence-corrected chi connectivity index (χ4v) is 6.86. The van der Waals surface area contributed by atoms with Crippen LogP contribution in [0, 0.1) is 6.92 Å². The van der Waals surface area contributed by atoms with E-state index in [0.29, 0.717) is 5.75 Å². The second kappa shape index (κ2) is 4.36. The first kappa shape index (κ1) is 12.0. The van der Waals surface area contributed by atoms with Crippen LogP contribution in [0.1, 0.15) is 22.9 Å². The molecule has 2 aromatic rings. The van der Waals surface area contributed by atoms with Gasteiger partial charge >= 0.3 is 126 Å². The van der Waals surface area contributed by atoms with Crippen LogP contribution in [0.2, 0.25) is 0 Å². The van der Waals surface area contributed by atoms with E-state index >= 15 is 0 Å². The molecule has 0 saturated carbocycles. The summed E-state index contributed by atoms with van der Waals surface area (Å²) in [7, 11) is 0. The Kier molecular flexibility index (Phi) is 2.61. The number of nitrogens with zero attached hydrogens (tertiary/aromatic N) is 2. The van der Waals surface area contributed by atoms with E-state index in [1.54, 1.807) is 0 Å². The zero-order valence-electron chi connectivity index (χ0n) is 11.3. The van der Waals surface area contributed by atoms with Crippen LogP contribution in [-0.4, -0.2) is 12.4 Å². The van der Waals surface area contributed by atoms with Crippen molar-refractivity contribution in [2.75, 3.05) is 0 Å². The monoisotopic (exact) mass is 314 g/mol. The Bertz CT molecular complexity index is 699. The maximum absolute atomic E-state index is 10.2. The quantitative estimate of drug-likeness (QED) is 0.862. The molecule has 4 heteroatoms. The van der Waals surface area contributed by atoms with Crippen LogP contribution in [0.4, 0.5) is 0 Å². The summed E-state index contributed by atoms with van der Waals surface area (Å²) in [6, 6.07) is 16.5. The number of rotatable bonds is 2. The SMILES string of the molecule is Cc1ccc(C2[N]3C=C(c4ccccc4)[N]2[Zn]3)c(O)c1. The molecule has 0 spiro atoms. The van der Waals surface area contributed by atoms with Crippen LogP contribution < -0.4 is 0 Å². The van der Waals surface area contributed by atoms with Gasteiger partial charge < -0.3 is 0 Å². The Morgan fingerprint density at radius 1 is 1.10 bits per heavy atom. The molecule has 0 amide bonds. The number of aromatic hydroxyl groups is 1. The molecule has 3 aliphatic heterocycles. The van der Waals surface area contributed by atoms with Crippen LogP contribution in [0.15, 0.2) is 54.7 Å². The van der Waals surface area contributed by atoms with Crippen molar-refractivity contribution in [3.63, 3.8) is 0 Å². The first-order chi connectivity index (χ1) is 9.74. The predicted molar refractivity (Wildman–Crippen MR) is 73.7 cm³/mol. The number of benzene rings is 2. The van der Waals surface area contributed by atoms with Gasteiger partial charge in [0.15, 0.2) is 0 Å². The minimum atomic E-state index is -0.830. The molecule has 2 aromatic carbocycles. The number of phenolic OH excluding ortho intramolecular Hbond substituents is 1. The molecule has 1 fully saturated rings. The van der Waals surface area contributed by atoms with E-state index in [-0.39, 0.29) is 6.17 Å². The van der Waals surface area contributed by atoms with Gasteiger partial charge in [-0.2, -0.15) is 0 Å².